The van der Waals surface area contributed by atoms with Crippen LogP contribution in [-0.2, 0) is 4.79 Å². The van der Waals surface area contributed by atoms with Crippen LogP contribution < -0.4 is 4.90 Å². The van der Waals surface area contributed by atoms with Gasteiger partial charge in [0.25, 0.3) is 5.69 Å². The largest absolute Gasteiger partial charge is 0.480 e. The molecule has 1 atom stereocenters. The molecule has 1 aromatic carbocycles. The number of aliphatic carboxylic acids is 1. The maximum Gasteiger partial charge on any atom is 0.326 e. The number of carboxylic acids is 1. The van der Waals surface area contributed by atoms with E-state index in [0.717, 1.165) is 9.71 Å². The van der Waals surface area contributed by atoms with Gasteiger partial charge in [0.15, 0.2) is 0 Å². The van der Waals surface area contributed by atoms with Crippen molar-refractivity contribution in [3.63, 3.8) is 0 Å². The van der Waals surface area contributed by atoms with E-state index in [-0.39, 0.29) is 5.69 Å². The lowest BCUT2D eigenvalue weighted by Gasteiger charge is -2.23. The molecule has 1 aliphatic rings. The highest BCUT2D eigenvalue weighted by Gasteiger charge is 2.34. The predicted octanol–water partition coefficient (Wildman–Crippen LogP) is 2.57. The van der Waals surface area contributed by atoms with Crippen molar-refractivity contribution in [2.45, 2.75) is 25.8 Å². The fourth-order valence-corrected chi connectivity index (χ4v) is 3.60. The Morgan fingerprint density at radius 2 is 2.33 bits per heavy atom. The van der Waals surface area contributed by atoms with E-state index in [1.807, 2.05) is 6.92 Å². The van der Waals surface area contributed by atoms with Crippen LogP contribution in [0.15, 0.2) is 12.1 Å². The first-order valence-electron chi connectivity index (χ1n) is 6.52. The van der Waals surface area contributed by atoms with E-state index in [1.165, 1.54) is 17.4 Å². The minimum Gasteiger partial charge on any atom is -0.480 e. The zero-order chi connectivity index (χ0) is 15.1. The Labute approximate surface area is 124 Å². The fraction of sp³-hybridized carbons (Fsp3) is 0.385. The molecule has 1 saturated heterocycles. The Morgan fingerprint density at radius 1 is 1.57 bits per heavy atom. The second-order valence-corrected chi connectivity index (χ2v) is 6.22. The Bertz CT molecular complexity index is 742. The molecule has 3 rings (SSSR count). The van der Waals surface area contributed by atoms with Gasteiger partial charge in [-0.1, -0.05) is 0 Å². The molecule has 2 heterocycles. The molecular formula is C13H13N3O4S. The summed E-state index contributed by atoms with van der Waals surface area (Å²) < 4.78 is 0.744. The Morgan fingerprint density at radius 3 is 3.00 bits per heavy atom. The molecule has 7 nitrogen and oxygen atoms in total. The van der Waals surface area contributed by atoms with Crippen LogP contribution in [0.5, 0.6) is 0 Å². The minimum absolute atomic E-state index is 0.0562. The molecule has 0 bridgehead atoms. The average Bonchev–Trinajstić information content (AvgIpc) is 3.00. The van der Waals surface area contributed by atoms with Gasteiger partial charge in [-0.25, -0.2) is 9.78 Å². The summed E-state index contributed by atoms with van der Waals surface area (Å²) in [5.74, 6) is -0.948. The molecule has 0 saturated carbocycles. The van der Waals surface area contributed by atoms with Gasteiger partial charge in [-0.3, -0.25) is 10.1 Å². The third kappa shape index (κ3) is 2.31. The molecule has 0 spiro atoms. The summed E-state index contributed by atoms with van der Waals surface area (Å²) in [7, 11) is 0. The third-order valence-corrected chi connectivity index (χ3v) is 4.57. The second kappa shape index (κ2) is 4.96. The van der Waals surface area contributed by atoms with Gasteiger partial charge >= 0.3 is 5.97 Å². The summed E-state index contributed by atoms with van der Waals surface area (Å²) in [6.45, 7) is 2.35. The Balaban J connectivity index is 2.17. The normalized spacial score (nSPS) is 18.3. The Hall–Kier alpha value is -2.22. The van der Waals surface area contributed by atoms with Gasteiger partial charge in [0.1, 0.15) is 11.7 Å². The number of anilines is 1. The number of nitro groups is 1. The van der Waals surface area contributed by atoms with E-state index < -0.39 is 16.9 Å². The molecular weight excluding hydrogens is 294 g/mol. The fourth-order valence-electron chi connectivity index (χ4n) is 2.76. The summed E-state index contributed by atoms with van der Waals surface area (Å²) in [6.07, 6.45) is 1.21. The Kier molecular flexibility index (Phi) is 3.25. The first-order valence-corrected chi connectivity index (χ1v) is 7.34. The summed E-state index contributed by atoms with van der Waals surface area (Å²) >= 11 is 1.39. The number of carbonyl (C=O) groups is 1. The molecule has 1 aromatic heterocycles. The molecule has 21 heavy (non-hydrogen) atoms. The molecule has 2 aromatic rings. The highest BCUT2D eigenvalue weighted by Crippen LogP contribution is 2.38. The first kappa shape index (κ1) is 13.7. The second-order valence-electron chi connectivity index (χ2n) is 4.99. The third-order valence-electron chi connectivity index (χ3n) is 3.64. The molecule has 1 aliphatic heterocycles. The van der Waals surface area contributed by atoms with Gasteiger partial charge in [0.05, 0.1) is 20.1 Å². The van der Waals surface area contributed by atoms with Crippen LogP contribution in [0.3, 0.4) is 0 Å². The minimum atomic E-state index is -0.948. The van der Waals surface area contributed by atoms with E-state index >= 15 is 0 Å². The van der Waals surface area contributed by atoms with Gasteiger partial charge in [-0.2, -0.15) is 0 Å². The van der Waals surface area contributed by atoms with Gasteiger partial charge in [0.2, 0.25) is 0 Å². The molecule has 0 aliphatic carbocycles. The van der Waals surface area contributed by atoms with Gasteiger partial charge in [-0.05, 0) is 25.8 Å². The quantitative estimate of drug-likeness (QED) is 0.691. The number of aryl methyl sites for hydroxylation is 1. The zero-order valence-electron chi connectivity index (χ0n) is 11.3. The molecule has 110 valence electrons. The summed E-state index contributed by atoms with van der Waals surface area (Å²) in [5.41, 5.74) is 0.969. The van der Waals surface area contributed by atoms with Crippen molar-refractivity contribution in [2.75, 3.05) is 11.4 Å². The molecule has 0 radical (unpaired) electrons. The number of rotatable bonds is 3. The van der Waals surface area contributed by atoms with Gasteiger partial charge < -0.3 is 10.0 Å². The van der Waals surface area contributed by atoms with Crippen LogP contribution in [0.2, 0.25) is 0 Å². The average molecular weight is 307 g/mol. The van der Waals surface area contributed by atoms with Crippen molar-refractivity contribution in [2.24, 2.45) is 0 Å². The summed E-state index contributed by atoms with van der Waals surface area (Å²) in [6, 6.07) is 2.42. The molecule has 1 fully saturated rings. The highest BCUT2D eigenvalue weighted by atomic mass is 32.1. The zero-order valence-corrected chi connectivity index (χ0v) is 12.1. The number of benzene rings is 1. The maximum absolute atomic E-state index is 11.3. The molecule has 0 amide bonds. The summed E-state index contributed by atoms with van der Waals surface area (Å²) in [5, 5.41) is 21.4. The van der Waals surface area contributed by atoms with Crippen molar-refractivity contribution < 1.29 is 14.8 Å². The van der Waals surface area contributed by atoms with Crippen molar-refractivity contribution in [3.8, 4) is 0 Å². The standard InChI is InChI=1S/C13H13N3O4S/c1-7-14-8-5-10(11(16(19)20)6-12(8)21-7)15-4-2-3-9(15)13(17)18/h5-6,9H,2-4H2,1H3,(H,17,18). The lowest BCUT2D eigenvalue weighted by atomic mass is 10.2. The number of nitrogens with zero attached hydrogens (tertiary/aromatic N) is 3. The van der Waals surface area contributed by atoms with E-state index in [9.17, 15) is 20.0 Å². The number of thiazole rings is 1. The van der Waals surface area contributed by atoms with Crippen LogP contribution in [0.4, 0.5) is 11.4 Å². The first-order chi connectivity index (χ1) is 9.97. The van der Waals surface area contributed by atoms with Crippen molar-refractivity contribution in [1.82, 2.24) is 4.98 Å². The van der Waals surface area contributed by atoms with Crippen LogP contribution in [0.25, 0.3) is 10.2 Å². The maximum atomic E-state index is 11.3. The van der Waals surface area contributed by atoms with Gasteiger partial charge in [0, 0.05) is 12.6 Å². The van der Waals surface area contributed by atoms with Crippen LogP contribution in [-0.4, -0.2) is 33.6 Å². The van der Waals surface area contributed by atoms with Crippen LogP contribution >= 0.6 is 11.3 Å². The number of nitro benzene ring substituents is 1. The smallest absolute Gasteiger partial charge is 0.326 e. The number of hydrogen-bond acceptors (Lipinski definition) is 6. The number of hydrogen-bond donors (Lipinski definition) is 1. The van der Waals surface area contributed by atoms with Crippen LogP contribution in [0.1, 0.15) is 17.8 Å². The van der Waals surface area contributed by atoms with E-state index in [2.05, 4.69) is 4.98 Å². The molecule has 1 N–H and O–H groups in total. The number of fused-ring (bicyclic) bond motifs is 1. The van der Waals surface area contributed by atoms with Crippen molar-refractivity contribution in [3.05, 3.63) is 27.3 Å². The number of carboxylic acid groups (broad SMARTS) is 1. The monoisotopic (exact) mass is 307 g/mol. The number of aromatic nitrogens is 1. The lowest BCUT2D eigenvalue weighted by Crippen LogP contribution is -2.36. The highest BCUT2D eigenvalue weighted by molar-refractivity contribution is 7.18. The molecule has 1 unspecified atom stereocenters. The lowest BCUT2D eigenvalue weighted by molar-refractivity contribution is -0.384. The van der Waals surface area contributed by atoms with E-state index in [1.54, 1.807) is 11.0 Å². The molecule has 8 heteroatoms. The van der Waals surface area contributed by atoms with Crippen LogP contribution in [0, 0.1) is 17.0 Å². The van der Waals surface area contributed by atoms with E-state index in [4.69, 9.17) is 0 Å². The van der Waals surface area contributed by atoms with Crippen molar-refractivity contribution >= 4 is 38.9 Å². The van der Waals surface area contributed by atoms with Crippen molar-refractivity contribution in [1.29, 1.82) is 0 Å². The van der Waals surface area contributed by atoms with E-state index in [0.29, 0.717) is 30.6 Å². The SMILES string of the molecule is Cc1nc2cc(N3CCCC3C(=O)O)c([N+](=O)[O-])cc2s1. The topological polar surface area (TPSA) is 96.6 Å². The summed E-state index contributed by atoms with van der Waals surface area (Å²) in [4.78, 5) is 28.1. The van der Waals surface area contributed by atoms with Gasteiger partial charge in [-0.15, -0.1) is 11.3 Å². The predicted molar refractivity (Wildman–Crippen MR) is 79.0 cm³/mol.